The molecule has 1 aliphatic heterocycles. The monoisotopic (exact) mass is 466 g/mol. The van der Waals surface area contributed by atoms with Crippen molar-refractivity contribution in [2.45, 2.75) is 77.3 Å². The SMILES string of the molecule is CCCCN[C@@H](CC(=O)NC[C@@H]1CCCN(C=NN)C1)C(=O)N(CCC(=O)OCC)C1CC1. The fraction of sp³-hybridized carbons (Fsp3) is 0.826. The molecule has 0 bridgehead atoms. The second kappa shape index (κ2) is 14.7. The molecular formula is C23H42N6O4. The third-order valence-corrected chi connectivity index (χ3v) is 6.11. The van der Waals surface area contributed by atoms with Gasteiger partial charge in [-0.2, -0.15) is 5.10 Å². The lowest BCUT2D eigenvalue weighted by molar-refractivity contribution is -0.144. The van der Waals surface area contributed by atoms with Crippen LogP contribution in [-0.2, 0) is 19.1 Å². The number of hydrazone groups is 1. The summed E-state index contributed by atoms with van der Waals surface area (Å²) in [5, 5.41) is 9.89. The molecule has 1 saturated carbocycles. The van der Waals surface area contributed by atoms with Gasteiger partial charge in [0, 0.05) is 32.2 Å². The topological polar surface area (TPSA) is 129 Å². The molecule has 1 aliphatic carbocycles. The molecule has 1 heterocycles. The molecule has 1 saturated heterocycles. The molecule has 0 unspecified atom stereocenters. The highest BCUT2D eigenvalue weighted by atomic mass is 16.5. The van der Waals surface area contributed by atoms with Crippen LogP contribution in [-0.4, -0.2) is 85.3 Å². The van der Waals surface area contributed by atoms with E-state index >= 15 is 0 Å². The number of unbranched alkanes of at least 4 members (excludes halogenated alkanes) is 1. The predicted molar refractivity (Wildman–Crippen MR) is 127 cm³/mol. The molecule has 2 rings (SSSR count). The van der Waals surface area contributed by atoms with Crippen molar-refractivity contribution in [2.24, 2.45) is 16.9 Å². The van der Waals surface area contributed by atoms with Gasteiger partial charge in [-0.15, -0.1) is 0 Å². The molecule has 0 aromatic heterocycles. The molecule has 0 radical (unpaired) electrons. The van der Waals surface area contributed by atoms with Gasteiger partial charge in [-0.3, -0.25) is 14.4 Å². The zero-order valence-electron chi connectivity index (χ0n) is 20.3. The van der Waals surface area contributed by atoms with Crippen molar-refractivity contribution < 1.29 is 19.1 Å². The molecule has 2 aliphatic rings. The number of likely N-dealkylation sites (tertiary alicyclic amines) is 1. The van der Waals surface area contributed by atoms with Crippen LogP contribution < -0.4 is 16.5 Å². The third-order valence-electron chi connectivity index (χ3n) is 6.11. The van der Waals surface area contributed by atoms with Crippen LogP contribution in [0.15, 0.2) is 5.10 Å². The molecule has 2 fully saturated rings. The molecule has 0 spiro atoms. The summed E-state index contributed by atoms with van der Waals surface area (Å²) in [5.41, 5.74) is 0. The van der Waals surface area contributed by atoms with Gasteiger partial charge in [-0.1, -0.05) is 13.3 Å². The quantitative estimate of drug-likeness (QED) is 0.0813. The summed E-state index contributed by atoms with van der Waals surface area (Å²) in [7, 11) is 0. The van der Waals surface area contributed by atoms with Crippen molar-refractivity contribution in [3.63, 3.8) is 0 Å². The lowest BCUT2D eigenvalue weighted by Gasteiger charge is -2.31. The minimum atomic E-state index is -0.591. The number of amides is 2. The highest BCUT2D eigenvalue weighted by Crippen LogP contribution is 2.28. The highest BCUT2D eigenvalue weighted by Gasteiger charge is 2.36. The van der Waals surface area contributed by atoms with Gasteiger partial charge < -0.3 is 31.0 Å². The Labute approximate surface area is 197 Å². The summed E-state index contributed by atoms with van der Waals surface area (Å²) in [6.07, 6.45) is 7.78. The number of ether oxygens (including phenoxy) is 1. The number of hydrogen-bond acceptors (Lipinski definition) is 7. The smallest absolute Gasteiger partial charge is 0.307 e. The lowest BCUT2D eigenvalue weighted by atomic mass is 9.98. The van der Waals surface area contributed by atoms with Gasteiger partial charge in [0.1, 0.15) is 6.34 Å². The largest absolute Gasteiger partial charge is 0.466 e. The van der Waals surface area contributed by atoms with Gasteiger partial charge in [0.15, 0.2) is 0 Å². The number of piperidine rings is 1. The van der Waals surface area contributed by atoms with Gasteiger partial charge in [0.25, 0.3) is 0 Å². The van der Waals surface area contributed by atoms with E-state index in [2.05, 4.69) is 27.6 Å². The summed E-state index contributed by atoms with van der Waals surface area (Å²) >= 11 is 0. The van der Waals surface area contributed by atoms with Crippen LogP contribution >= 0.6 is 0 Å². The number of carbonyl (C=O) groups is 3. The standard InChI is InChI=1S/C23H42N6O4/c1-3-5-11-25-20(23(32)29(19-8-9-19)13-10-22(31)33-4-2)14-21(30)26-15-18-7-6-12-28(16-18)17-27-24/h17-20,25H,3-16,24H2,1-2H3,(H,26,30)/t18-,20-/m0/s1. The maximum absolute atomic E-state index is 13.3. The average Bonchev–Trinajstić information content (AvgIpc) is 3.63. The maximum Gasteiger partial charge on any atom is 0.307 e. The lowest BCUT2D eigenvalue weighted by Crippen LogP contribution is -2.50. The van der Waals surface area contributed by atoms with E-state index in [4.69, 9.17) is 10.6 Å². The molecule has 2 atom stereocenters. The van der Waals surface area contributed by atoms with E-state index in [0.717, 1.165) is 51.6 Å². The van der Waals surface area contributed by atoms with Crippen LogP contribution in [0.5, 0.6) is 0 Å². The van der Waals surface area contributed by atoms with Gasteiger partial charge >= 0.3 is 5.97 Å². The molecule has 0 aromatic carbocycles. The van der Waals surface area contributed by atoms with E-state index in [1.54, 1.807) is 18.2 Å². The Morgan fingerprint density at radius 2 is 2.06 bits per heavy atom. The number of hydrogen-bond donors (Lipinski definition) is 3. The van der Waals surface area contributed by atoms with Gasteiger partial charge in [0.05, 0.1) is 25.5 Å². The third kappa shape index (κ3) is 9.98. The minimum Gasteiger partial charge on any atom is -0.466 e. The first-order valence-electron chi connectivity index (χ1n) is 12.4. The van der Waals surface area contributed by atoms with E-state index in [0.29, 0.717) is 32.2 Å². The Kier molecular flexibility index (Phi) is 12.0. The van der Waals surface area contributed by atoms with Crippen LogP contribution in [0.2, 0.25) is 0 Å². The van der Waals surface area contributed by atoms with Crippen molar-refractivity contribution >= 4 is 24.1 Å². The fourth-order valence-corrected chi connectivity index (χ4v) is 4.18. The van der Waals surface area contributed by atoms with E-state index in [-0.39, 0.29) is 36.7 Å². The van der Waals surface area contributed by atoms with E-state index in [9.17, 15) is 14.4 Å². The summed E-state index contributed by atoms with van der Waals surface area (Å²) in [4.78, 5) is 41.7. The molecule has 4 N–H and O–H groups in total. The van der Waals surface area contributed by atoms with E-state index in [1.807, 2.05) is 0 Å². The second-order valence-electron chi connectivity index (χ2n) is 8.95. The van der Waals surface area contributed by atoms with Crippen molar-refractivity contribution in [2.75, 3.05) is 39.3 Å². The molecule has 0 aromatic rings. The Morgan fingerprint density at radius 3 is 2.73 bits per heavy atom. The first kappa shape index (κ1) is 26.9. The normalized spacial score (nSPS) is 19.3. The van der Waals surface area contributed by atoms with Gasteiger partial charge in [-0.05, 0) is 51.5 Å². The predicted octanol–water partition coefficient (Wildman–Crippen LogP) is 0.809. The second-order valence-corrected chi connectivity index (χ2v) is 8.95. The number of esters is 1. The molecule has 2 amide bonds. The Morgan fingerprint density at radius 1 is 1.27 bits per heavy atom. The molecule has 188 valence electrons. The number of nitrogens with two attached hydrogens (primary N) is 1. The van der Waals surface area contributed by atoms with Crippen LogP contribution in [0.3, 0.4) is 0 Å². The van der Waals surface area contributed by atoms with Crippen molar-refractivity contribution in [3.8, 4) is 0 Å². The summed E-state index contributed by atoms with van der Waals surface area (Å²) in [6.45, 7) is 7.49. The van der Waals surface area contributed by atoms with Crippen molar-refractivity contribution in [1.82, 2.24) is 20.4 Å². The molecule has 10 nitrogen and oxygen atoms in total. The summed E-state index contributed by atoms with van der Waals surface area (Å²) in [5.74, 6) is 5.04. The number of nitrogens with zero attached hydrogens (tertiary/aromatic N) is 3. The van der Waals surface area contributed by atoms with E-state index < -0.39 is 6.04 Å². The number of nitrogens with one attached hydrogen (secondary N) is 2. The average molecular weight is 467 g/mol. The molecule has 10 heteroatoms. The molecular weight excluding hydrogens is 424 g/mol. The van der Waals surface area contributed by atoms with Gasteiger partial charge in [-0.25, -0.2) is 0 Å². The van der Waals surface area contributed by atoms with E-state index in [1.165, 1.54) is 0 Å². The highest BCUT2D eigenvalue weighted by molar-refractivity contribution is 5.89. The molecule has 33 heavy (non-hydrogen) atoms. The van der Waals surface area contributed by atoms with Crippen molar-refractivity contribution in [3.05, 3.63) is 0 Å². The Hall–Kier alpha value is -2.36. The van der Waals surface area contributed by atoms with Crippen LogP contribution in [0.4, 0.5) is 0 Å². The first-order chi connectivity index (χ1) is 16.0. The van der Waals surface area contributed by atoms with Gasteiger partial charge in [0.2, 0.25) is 11.8 Å². The van der Waals surface area contributed by atoms with Crippen molar-refractivity contribution in [1.29, 1.82) is 0 Å². The van der Waals surface area contributed by atoms with Crippen LogP contribution in [0.25, 0.3) is 0 Å². The first-order valence-corrected chi connectivity index (χ1v) is 12.4. The Balaban J connectivity index is 1.90. The minimum absolute atomic E-state index is 0.0892. The zero-order valence-corrected chi connectivity index (χ0v) is 20.3. The van der Waals surface area contributed by atoms with Crippen LogP contribution in [0, 0.1) is 5.92 Å². The summed E-state index contributed by atoms with van der Waals surface area (Å²) in [6, 6.07) is -0.436. The number of carbonyl (C=O) groups excluding carboxylic acids is 3. The van der Waals surface area contributed by atoms with Crippen LogP contribution in [0.1, 0.15) is 65.2 Å². The summed E-state index contributed by atoms with van der Waals surface area (Å²) < 4.78 is 5.01. The maximum atomic E-state index is 13.3. The fourth-order valence-electron chi connectivity index (χ4n) is 4.18. The zero-order chi connectivity index (χ0) is 24.1. The Bertz CT molecular complexity index is 655. The number of rotatable bonds is 15.